The molecule has 2 N–H and O–H groups in total. The lowest BCUT2D eigenvalue weighted by Gasteiger charge is -2.11. The topological polar surface area (TPSA) is 80.6 Å². The number of benzene rings is 2. The monoisotopic (exact) mass is 439 g/mol. The van der Waals surface area contributed by atoms with Crippen LogP contribution in [0.3, 0.4) is 0 Å². The Labute approximate surface area is 182 Å². The number of halogens is 2. The Hall–Kier alpha value is -3.65. The van der Waals surface area contributed by atoms with Crippen LogP contribution < -0.4 is 15.4 Å². The van der Waals surface area contributed by atoms with Crippen LogP contribution in [0.25, 0.3) is 16.9 Å². The molecule has 158 valence electrons. The van der Waals surface area contributed by atoms with Gasteiger partial charge in [0.15, 0.2) is 5.65 Å². The molecule has 0 saturated carbocycles. The molecule has 0 radical (unpaired) electrons. The van der Waals surface area contributed by atoms with Crippen molar-refractivity contribution in [2.75, 3.05) is 24.3 Å². The lowest BCUT2D eigenvalue weighted by molar-refractivity contribution is -0.115. The van der Waals surface area contributed by atoms with Crippen molar-refractivity contribution in [1.29, 1.82) is 0 Å². The molecule has 4 rings (SSSR count). The van der Waals surface area contributed by atoms with E-state index >= 15 is 0 Å². The van der Waals surface area contributed by atoms with Crippen LogP contribution >= 0.6 is 11.6 Å². The van der Waals surface area contributed by atoms with E-state index in [9.17, 15) is 9.18 Å². The Bertz CT molecular complexity index is 1240. The zero-order chi connectivity index (χ0) is 21.8. The van der Waals surface area contributed by atoms with E-state index in [1.54, 1.807) is 25.7 Å². The minimum atomic E-state index is -0.474. The van der Waals surface area contributed by atoms with Crippen LogP contribution in [0.15, 0.2) is 61.1 Å². The fourth-order valence-corrected chi connectivity index (χ4v) is 3.37. The van der Waals surface area contributed by atoms with Crippen molar-refractivity contribution in [3.05, 3.63) is 71.9 Å². The van der Waals surface area contributed by atoms with Crippen molar-refractivity contribution in [2.45, 2.75) is 6.42 Å². The molecule has 1 amide bonds. The summed E-state index contributed by atoms with van der Waals surface area (Å²) in [6, 6.07) is 11.4. The number of hydrogen-bond acceptors (Lipinski definition) is 5. The van der Waals surface area contributed by atoms with Gasteiger partial charge in [0.1, 0.15) is 23.1 Å². The highest BCUT2D eigenvalue weighted by Gasteiger charge is 2.17. The lowest BCUT2D eigenvalue weighted by Crippen LogP contribution is -2.17. The second kappa shape index (κ2) is 9.01. The number of fused-ring (bicyclic) bond motifs is 1. The molecule has 0 aliphatic rings. The normalized spacial score (nSPS) is 10.8. The number of imidazole rings is 1. The summed E-state index contributed by atoms with van der Waals surface area (Å²) < 4.78 is 20.7. The third-order valence-electron chi connectivity index (χ3n) is 4.64. The number of ether oxygens (including phenoxy) is 1. The van der Waals surface area contributed by atoms with Gasteiger partial charge in [0.2, 0.25) is 5.91 Å². The van der Waals surface area contributed by atoms with Gasteiger partial charge >= 0.3 is 0 Å². The average molecular weight is 440 g/mol. The number of carbonyl (C=O) groups excluding carboxylic acids is 1. The summed E-state index contributed by atoms with van der Waals surface area (Å²) in [5.41, 5.74) is 2.38. The van der Waals surface area contributed by atoms with Crippen molar-refractivity contribution in [3.63, 3.8) is 0 Å². The highest BCUT2D eigenvalue weighted by molar-refractivity contribution is 6.33. The molecule has 0 saturated heterocycles. The fraction of sp³-hybridized carbons (Fsp3) is 0.136. The largest absolute Gasteiger partial charge is 0.496 e. The summed E-state index contributed by atoms with van der Waals surface area (Å²) in [6.07, 6.45) is 5.24. The van der Waals surface area contributed by atoms with Crippen LogP contribution in [0, 0.1) is 5.82 Å². The maximum atomic E-state index is 13.4. The first-order valence-corrected chi connectivity index (χ1v) is 9.89. The number of anilines is 2. The molecular weight excluding hydrogens is 421 g/mol. The third-order valence-corrected chi connectivity index (χ3v) is 4.97. The number of carbonyl (C=O) groups is 1. The predicted octanol–water partition coefficient (Wildman–Crippen LogP) is 4.64. The molecule has 0 spiro atoms. The van der Waals surface area contributed by atoms with Crippen LogP contribution in [0.4, 0.5) is 15.9 Å². The van der Waals surface area contributed by atoms with Gasteiger partial charge in [0.25, 0.3) is 0 Å². The standard InChI is InChI=1S/C22H19ClFN5O2/c1-31-18-5-3-2-4-15(18)21-22(29-11-10-25-13-19(29)28-21)26-9-8-20(30)27-17-12-14(24)6-7-16(17)23/h2-7,10-13,26H,8-9H2,1H3,(H,27,30). The van der Waals surface area contributed by atoms with E-state index in [2.05, 4.69) is 20.6 Å². The van der Waals surface area contributed by atoms with Crippen LogP contribution in [0.1, 0.15) is 6.42 Å². The first kappa shape index (κ1) is 20.6. The molecule has 2 heterocycles. The summed E-state index contributed by atoms with van der Waals surface area (Å²) in [4.78, 5) is 21.1. The molecular formula is C22H19ClFN5O2. The minimum Gasteiger partial charge on any atom is -0.496 e. The third kappa shape index (κ3) is 4.44. The van der Waals surface area contributed by atoms with E-state index in [-0.39, 0.29) is 23.0 Å². The Balaban J connectivity index is 1.54. The zero-order valence-electron chi connectivity index (χ0n) is 16.6. The number of hydrogen-bond donors (Lipinski definition) is 2. The Morgan fingerprint density at radius 3 is 2.94 bits per heavy atom. The van der Waals surface area contributed by atoms with E-state index in [0.717, 1.165) is 5.56 Å². The van der Waals surface area contributed by atoms with E-state index in [4.69, 9.17) is 16.3 Å². The summed E-state index contributed by atoms with van der Waals surface area (Å²) in [5, 5.41) is 6.18. The number of methoxy groups -OCH3 is 1. The van der Waals surface area contributed by atoms with Gasteiger partial charge in [-0.05, 0) is 30.3 Å². The molecule has 7 nitrogen and oxygen atoms in total. The second-order valence-corrected chi connectivity index (χ2v) is 7.07. The number of nitrogens with zero attached hydrogens (tertiary/aromatic N) is 3. The van der Waals surface area contributed by atoms with Gasteiger partial charge in [-0.25, -0.2) is 9.37 Å². The zero-order valence-corrected chi connectivity index (χ0v) is 17.4. The first-order valence-electron chi connectivity index (χ1n) is 9.51. The van der Waals surface area contributed by atoms with E-state index in [1.807, 2.05) is 28.7 Å². The van der Waals surface area contributed by atoms with Crippen LogP contribution in [0.5, 0.6) is 5.75 Å². The lowest BCUT2D eigenvalue weighted by atomic mass is 10.1. The molecule has 2 aromatic heterocycles. The molecule has 2 aromatic carbocycles. The van der Waals surface area contributed by atoms with Crippen LogP contribution in [0.2, 0.25) is 5.02 Å². The molecule has 0 atom stereocenters. The highest BCUT2D eigenvalue weighted by atomic mass is 35.5. The van der Waals surface area contributed by atoms with Gasteiger partial charge in [-0.1, -0.05) is 23.7 Å². The van der Waals surface area contributed by atoms with Crippen molar-refractivity contribution in [2.24, 2.45) is 0 Å². The molecule has 0 unspecified atom stereocenters. The van der Waals surface area contributed by atoms with Gasteiger partial charge in [0.05, 0.1) is 24.0 Å². The van der Waals surface area contributed by atoms with Crippen molar-refractivity contribution < 1.29 is 13.9 Å². The molecule has 0 bridgehead atoms. The fourth-order valence-electron chi connectivity index (χ4n) is 3.20. The SMILES string of the molecule is COc1ccccc1-c1nc2cnccn2c1NCCC(=O)Nc1cc(F)ccc1Cl. The smallest absolute Gasteiger partial charge is 0.226 e. The van der Waals surface area contributed by atoms with Gasteiger partial charge in [-0.3, -0.25) is 14.2 Å². The van der Waals surface area contributed by atoms with Gasteiger partial charge < -0.3 is 15.4 Å². The van der Waals surface area contributed by atoms with Gasteiger partial charge in [0, 0.05) is 30.9 Å². The molecule has 9 heteroatoms. The predicted molar refractivity (Wildman–Crippen MR) is 118 cm³/mol. The van der Waals surface area contributed by atoms with Crippen LogP contribution in [-0.2, 0) is 4.79 Å². The Morgan fingerprint density at radius 1 is 1.26 bits per heavy atom. The van der Waals surface area contributed by atoms with Gasteiger partial charge in [-0.15, -0.1) is 0 Å². The number of rotatable bonds is 7. The van der Waals surface area contributed by atoms with Crippen molar-refractivity contribution in [3.8, 4) is 17.0 Å². The number of nitrogens with one attached hydrogen (secondary N) is 2. The molecule has 4 aromatic rings. The highest BCUT2D eigenvalue weighted by Crippen LogP contribution is 2.34. The van der Waals surface area contributed by atoms with E-state index in [0.29, 0.717) is 29.5 Å². The Kier molecular flexibility index (Phi) is 5.99. The van der Waals surface area contributed by atoms with E-state index in [1.165, 1.54) is 18.2 Å². The summed E-state index contributed by atoms with van der Waals surface area (Å²) in [6.45, 7) is 0.317. The van der Waals surface area contributed by atoms with E-state index < -0.39 is 5.82 Å². The molecule has 0 aliphatic carbocycles. The average Bonchev–Trinajstić information content (AvgIpc) is 3.14. The summed E-state index contributed by atoms with van der Waals surface area (Å²) >= 11 is 6.01. The maximum absolute atomic E-state index is 13.4. The number of para-hydroxylation sites is 1. The van der Waals surface area contributed by atoms with Crippen molar-refractivity contribution >= 4 is 34.7 Å². The van der Waals surface area contributed by atoms with Crippen molar-refractivity contribution in [1.82, 2.24) is 14.4 Å². The minimum absolute atomic E-state index is 0.135. The number of aromatic nitrogens is 3. The molecule has 0 aliphatic heterocycles. The molecule has 31 heavy (non-hydrogen) atoms. The summed E-state index contributed by atoms with van der Waals surface area (Å²) in [7, 11) is 1.60. The number of amides is 1. The second-order valence-electron chi connectivity index (χ2n) is 6.66. The van der Waals surface area contributed by atoms with Crippen LogP contribution in [-0.4, -0.2) is 33.9 Å². The molecule has 0 fully saturated rings. The quantitative estimate of drug-likeness (QED) is 0.438. The Morgan fingerprint density at radius 2 is 2.10 bits per heavy atom. The maximum Gasteiger partial charge on any atom is 0.226 e. The summed E-state index contributed by atoms with van der Waals surface area (Å²) in [5.74, 6) is 0.617. The first-order chi connectivity index (χ1) is 15.1. The van der Waals surface area contributed by atoms with Gasteiger partial charge in [-0.2, -0.15) is 0 Å².